The van der Waals surface area contributed by atoms with Gasteiger partial charge in [0.25, 0.3) is 0 Å². The summed E-state index contributed by atoms with van der Waals surface area (Å²) in [5.41, 5.74) is 6.85. The Balaban J connectivity index is 2.41. The second-order valence-electron chi connectivity index (χ2n) is 3.26. The van der Waals surface area contributed by atoms with Gasteiger partial charge in [-0.2, -0.15) is 0 Å². The molecule has 0 saturated heterocycles. The van der Waals surface area contributed by atoms with Crippen LogP contribution in [0.4, 0.5) is 4.39 Å². The van der Waals surface area contributed by atoms with Gasteiger partial charge < -0.3 is 5.73 Å². The molecule has 0 spiro atoms. The smallest absolute Gasteiger partial charge is 0.137 e. The summed E-state index contributed by atoms with van der Waals surface area (Å²) >= 11 is 8.16. The molecule has 0 bridgehead atoms. The van der Waals surface area contributed by atoms with E-state index in [0.29, 0.717) is 4.47 Å². The van der Waals surface area contributed by atoms with Gasteiger partial charge in [0.2, 0.25) is 0 Å². The van der Waals surface area contributed by atoms with Crippen LogP contribution in [-0.2, 0) is 0 Å². The maximum Gasteiger partial charge on any atom is 0.137 e. The van der Waals surface area contributed by atoms with Crippen molar-refractivity contribution >= 4 is 43.2 Å². The number of benzene rings is 1. The van der Waals surface area contributed by atoms with E-state index in [-0.39, 0.29) is 11.9 Å². The molecule has 0 radical (unpaired) electrons. The zero-order valence-electron chi connectivity index (χ0n) is 8.08. The Kier molecular flexibility index (Phi) is 3.79. The summed E-state index contributed by atoms with van der Waals surface area (Å²) in [6, 6.07) is 8.47. The number of nitrogens with two attached hydrogens (primary N) is 1. The Morgan fingerprint density at radius 2 is 1.94 bits per heavy atom. The fourth-order valence-corrected chi connectivity index (χ4v) is 3.36. The van der Waals surface area contributed by atoms with Crippen LogP contribution in [0.3, 0.4) is 0 Å². The predicted octanol–water partition coefficient (Wildman–Crippen LogP) is 4.46. The first-order valence-electron chi connectivity index (χ1n) is 4.54. The molecular weight excluding hydrogens is 357 g/mol. The summed E-state index contributed by atoms with van der Waals surface area (Å²) in [6.07, 6.45) is 0. The van der Waals surface area contributed by atoms with Crippen molar-refractivity contribution in [3.8, 4) is 0 Å². The Morgan fingerprint density at radius 3 is 2.56 bits per heavy atom. The van der Waals surface area contributed by atoms with E-state index in [0.717, 1.165) is 14.2 Å². The average molecular weight is 365 g/mol. The monoisotopic (exact) mass is 363 g/mol. The molecule has 5 heteroatoms. The van der Waals surface area contributed by atoms with Crippen molar-refractivity contribution in [1.82, 2.24) is 0 Å². The molecule has 0 saturated carbocycles. The quantitative estimate of drug-likeness (QED) is 0.836. The zero-order valence-corrected chi connectivity index (χ0v) is 12.1. The molecule has 0 amide bonds. The third kappa shape index (κ3) is 2.37. The van der Waals surface area contributed by atoms with Gasteiger partial charge in [-0.25, -0.2) is 4.39 Å². The molecule has 84 valence electrons. The Bertz CT molecular complexity index is 512. The molecule has 2 aromatic rings. The fraction of sp³-hybridized carbons (Fsp3) is 0.0909. The van der Waals surface area contributed by atoms with Gasteiger partial charge in [0.15, 0.2) is 0 Å². The molecule has 2 N–H and O–H groups in total. The third-order valence-electron chi connectivity index (χ3n) is 2.22. The maximum atomic E-state index is 13.4. The van der Waals surface area contributed by atoms with Crippen molar-refractivity contribution < 1.29 is 4.39 Å². The first kappa shape index (κ1) is 12.2. The highest BCUT2D eigenvalue weighted by molar-refractivity contribution is 9.11. The van der Waals surface area contributed by atoms with E-state index >= 15 is 0 Å². The molecule has 1 aromatic heterocycles. The summed E-state index contributed by atoms with van der Waals surface area (Å²) < 4.78 is 14.8. The average Bonchev–Trinajstić information content (AvgIpc) is 2.68. The van der Waals surface area contributed by atoms with E-state index < -0.39 is 0 Å². The van der Waals surface area contributed by atoms with Crippen LogP contribution < -0.4 is 5.73 Å². The van der Waals surface area contributed by atoms with E-state index in [2.05, 4.69) is 31.9 Å². The van der Waals surface area contributed by atoms with E-state index in [4.69, 9.17) is 5.73 Å². The molecule has 1 nitrogen and oxygen atoms in total. The van der Waals surface area contributed by atoms with Crippen LogP contribution >= 0.6 is 43.2 Å². The topological polar surface area (TPSA) is 26.0 Å². The summed E-state index contributed by atoms with van der Waals surface area (Å²) in [5.74, 6) is -0.288. The lowest BCUT2D eigenvalue weighted by atomic mass is 10.1. The van der Waals surface area contributed by atoms with Crippen LogP contribution in [0.15, 0.2) is 38.6 Å². The normalized spacial score (nSPS) is 12.8. The SMILES string of the molecule is NC(c1ccc(Br)s1)c1cccc(F)c1Br. The highest BCUT2D eigenvalue weighted by Gasteiger charge is 2.15. The molecule has 16 heavy (non-hydrogen) atoms. The van der Waals surface area contributed by atoms with E-state index in [1.54, 1.807) is 17.4 Å². The van der Waals surface area contributed by atoms with Crippen molar-refractivity contribution in [3.63, 3.8) is 0 Å². The number of hydrogen-bond acceptors (Lipinski definition) is 2. The van der Waals surface area contributed by atoms with Crippen LogP contribution in [-0.4, -0.2) is 0 Å². The van der Waals surface area contributed by atoms with Crippen LogP contribution in [0, 0.1) is 5.82 Å². The number of halogens is 3. The molecule has 0 fully saturated rings. The second kappa shape index (κ2) is 4.96. The standard InChI is InChI=1S/C11H8Br2FNS/c12-9-5-4-8(16-9)11(15)6-2-1-3-7(14)10(6)13/h1-5,11H,15H2. The summed E-state index contributed by atoms with van der Waals surface area (Å²) in [6.45, 7) is 0. The highest BCUT2D eigenvalue weighted by atomic mass is 79.9. The third-order valence-corrected chi connectivity index (χ3v) is 4.76. The van der Waals surface area contributed by atoms with Gasteiger partial charge >= 0.3 is 0 Å². The number of thiophene rings is 1. The van der Waals surface area contributed by atoms with Gasteiger partial charge in [-0.05, 0) is 55.6 Å². The maximum absolute atomic E-state index is 13.4. The lowest BCUT2D eigenvalue weighted by Crippen LogP contribution is -2.11. The van der Waals surface area contributed by atoms with Crippen molar-refractivity contribution in [2.24, 2.45) is 5.73 Å². The fourth-order valence-electron chi connectivity index (χ4n) is 1.41. The summed E-state index contributed by atoms with van der Waals surface area (Å²) in [5, 5.41) is 0. The molecule has 2 rings (SSSR count). The lowest BCUT2D eigenvalue weighted by Gasteiger charge is -2.12. The van der Waals surface area contributed by atoms with Gasteiger partial charge in [-0.3, -0.25) is 0 Å². The first-order chi connectivity index (χ1) is 7.59. The Labute approximate surface area is 114 Å². The highest BCUT2D eigenvalue weighted by Crippen LogP contribution is 2.33. The van der Waals surface area contributed by atoms with Crippen LogP contribution in [0.2, 0.25) is 0 Å². The summed E-state index contributed by atoms with van der Waals surface area (Å²) in [7, 11) is 0. The molecule has 1 aromatic carbocycles. The molecule has 1 unspecified atom stereocenters. The molecule has 0 aliphatic rings. The van der Waals surface area contributed by atoms with E-state index in [9.17, 15) is 4.39 Å². The Morgan fingerprint density at radius 1 is 1.19 bits per heavy atom. The predicted molar refractivity (Wildman–Crippen MR) is 72.1 cm³/mol. The molecule has 1 heterocycles. The first-order valence-corrected chi connectivity index (χ1v) is 6.94. The van der Waals surface area contributed by atoms with Gasteiger partial charge in [-0.15, -0.1) is 11.3 Å². The van der Waals surface area contributed by atoms with E-state index in [1.807, 2.05) is 18.2 Å². The van der Waals surface area contributed by atoms with Crippen LogP contribution in [0.1, 0.15) is 16.5 Å². The van der Waals surface area contributed by atoms with Crippen molar-refractivity contribution in [2.45, 2.75) is 6.04 Å². The van der Waals surface area contributed by atoms with E-state index in [1.165, 1.54) is 6.07 Å². The van der Waals surface area contributed by atoms with Crippen LogP contribution in [0.25, 0.3) is 0 Å². The van der Waals surface area contributed by atoms with Crippen molar-refractivity contribution in [2.75, 3.05) is 0 Å². The summed E-state index contributed by atoms with van der Waals surface area (Å²) in [4.78, 5) is 0.998. The zero-order chi connectivity index (χ0) is 11.7. The number of hydrogen-bond donors (Lipinski definition) is 1. The van der Waals surface area contributed by atoms with Crippen LogP contribution in [0.5, 0.6) is 0 Å². The molecule has 1 atom stereocenters. The second-order valence-corrected chi connectivity index (χ2v) is 6.55. The van der Waals surface area contributed by atoms with Gasteiger partial charge in [0, 0.05) is 4.88 Å². The minimum Gasteiger partial charge on any atom is -0.320 e. The van der Waals surface area contributed by atoms with Gasteiger partial charge in [0.05, 0.1) is 14.3 Å². The molecule has 0 aliphatic carbocycles. The number of rotatable bonds is 2. The largest absolute Gasteiger partial charge is 0.320 e. The lowest BCUT2D eigenvalue weighted by molar-refractivity contribution is 0.616. The van der Waals surface area contributed by atoms with Gasteiger partial charge in [-0.1, -0.05) is 12.1 Å². The minimum atomic E-state index is -0.304. The van der Waals surface area contributed by atoms with Crippen molar-refractivity contribution in [3.05, 3.63) is 54.8 Å². The molecular formula is C11H8Br2FNS. The Hall–Kier alpha value is -0.230. The minimum absolute atomic E-state index is 0.288. The molecule has 0 aliphatic heterocycles. The van der Waals surface area contributed by atoms with Gasteiger partial charge in [0.1, 0.15) is 5.82 Å². The van der Waals surface area contributed by atoms with Crippen molar-refractivity contribution in [1.29, 1.82) is 0 Å².